The quantitative estimate of drug-likeness (QED) is 0.179. The van der Waals surface area contributed by atoms with Crippen LogP contribution >= 0.6 is 11.3 Å². The largest absolute Gasteiger partial charge is 0.469 e. The van der Waals surface area contributed by atoms with Gasteiger partial charge >= 0.3 is 5.97 Å². The molecule has 10 heteroatoms. The predicted octanol–water partition coefficient (Wildman–Crippen LogP) is 7.51. The molecule has 2 aliphatic heterocycles. The molecule has 45 heavy (non-hydrogen) atoms. The van der Waals surface area contributed by atoms with Crippen LogP contribution in [0.25, 0.3) is 33.3 Å². The van der Waals surface area contributed by atoms with Gasteiger partial charge in [0.25, 0.3) is 10.0 Å². The number of nitrogens with zero attached hydrogens (tertiary/aromatic N) is 3. The minimum atomic E-state index is -4.18. The Kier molecular flexibility index (Phi) is 7.26. The van der Waals surface area contributed by atoms with Gasteiger partial charge in [0.2, 0.25) is 0 Å². The van der Waals surface area contributed by atoms with Crippen molar-refractivity contribution in [1.82, 2.24) is 3.97 Å². The Morgan fingerprint density at radius 1 is 1.02 bits per heavy atom. The number of anilines is 1. The minimum absolute atomic E-state index is 0.104. The van der Waals surface area contributed by atoms with Crippen molar-refractivity contribution in [2.24, 2.45) is 5.92 Å². The first-order valence-electron chi connectivity index (χ1n) is 14.8. The first-order chi connectivity index (χ1) is 21.7. The number of halogens is 1. The SMILES string of the molecule is COC(=O)C1C[C@H]2CC[C@@H](C1)N2c1cccc(-c2c(-c3ccsc3C#N)c3cc(F)ccc3n2S(=O)(=O)c2ccc(C)cc2)c1. The van der Waals surface area contributed by atoms with Gasteiger partial charge in [-0.2, -0.15) is 5.26 Å². The number of carbonyl (C=O) groups is 1. The van der Waals surface area contributed by atoms with Crippen molar-refractivity contribution in [3.8, 4) is 28.5 Å². The zero-order valence-electron chi connectivity index (χ0n) is 24.7. The number of piperidine rings is 1. The lowest BCUT2D eigenvalue weighted by Gasteiger charge is -2.39. The van der Waals surface area contributed by atoms with Crippen LogP contribution in [0.2, 0.25) is 0 Å². The van der Waals surface area contributed by atoms with Crippen molar-refractivity contribution >= 4 is 43.9 Å². The molecule has 2 saturated heterocycles. The summed E-state index contributed by atoms with van der Waals surface area (Å²) in [6.07, 6.45) is 3.30. The molecule has 0 amide bonds. The van der Waals surface area contributed by atoms with E-state index in [1.54, 1.807) is 35.7 Å². The van der Waals surface area contributed by atoms with Crippen molar-refractivity contribution in [2.45, 2.75) is 49.6 Å². The number of methoxy groups -OCH3 is 1. The number of hydrogen-bond acceptors (Lipinski definition) is 7. The first-order valence-corrected chi connectivity index (χ1v) is 17.1. The number of rotatable bonds is 6. The van der Waals surface area contributed by atoms with E-state index in [2.05, 4.69) is 11.0 Å². The highest BCUT2D eigenvalue weighted by atomic mass is 32.2. The molecule has 0 aliphatic carbocycles. The first kappa shape index (κ1) is 29.3. The Bertz CT molecular complexity index is 2100. The molecule has 2 bridgehead atoms. The molecule has 1 unspecified atom stereocenters. The van der Waals surface area contributed by atoms with Crippen LogP contribution in [0.1, 0.15) is 36.1 Å². The van der Waals surface area contributed by atoms with Crippen LogP contribution < -0.4 is 4.90 Å². The molecule has 0 N–H and O–H groups in total. The molecule has 0 spiro atoms. The number of fused-ring (bicyclic) bond motifs is 3. The van der Waals surface area contributed by atoms with Crippen LogP contribution in [0, 0.1) is 30.0 Å². The van der Waals surface area contributed by atoms with Gasteiger partial charge in [-0.1, -0.05) is 29.8 Å². The second kappa shape index (κ2) is 11.2. The Labute approximate surface area is 265 Å². The lowest BCUT2D eigenvalue weighted by Crippen LogP contribution is -2.45. The molecule has 7 nitrogen and oxygen atoms in total. The summed E-state index contributed by atoms with van der Waals surface area (Å²) in [5.41, 5.74) is 4.20. The second-order valence-electron chi connectivity index (χ2n) is 11.8. The van der Waals surface area contributed by atoms with E-state index in [0.29, 0.717) is 51.0 Å². The van der Waals surface area contributed by atoms with Gasteiger partial charge in [0, 0.05) is 39.8 Å². The third-order valence-corrected chi connectivity index (χ3v) is 11.7. The number of aromatic nitrogens is 1. The number of carbonyl (C=O) groups excluding carboxylic acids is 1. The number of hydrogen-bond donors (Lipinski definition) is 0. The summed E-state index contributed by atoms with van der Waals surface area (Å²) in [4.78, 5) is 15.3. The van der Waals surface area contributed by atoms with Crippen LogP contribution in [0.15, 0.2) is 83.1 Å². The summed E-state index contributed by atoms with van der Waals surface area (Å²) in [6, 6.07) is 22.8. The third-order valence-electron chi connectivity index (χ3n) is 9.17. The average molecular weight is 640 g/mol. The van der Waals surface area contributed by atoms with Gasteiger partial charge in [-0.15, -0.1) is 11.3 Å². The molecule has 5 aromatic rings. The van der Waals surface area contributed by atoms with Gasteiger partial charge in [-0.3, -0.25) is 4.79 Å². The molecule has 3 aromatic carbocycles. The molecular weight excluding hydrogens is 610 g/mol. The summed E-state index contributed by atoms with van der Waals surface area (Å²) in [5, 5.41) is 12.2. The van der Waals surface area contributed by atoms with Gasteiger partial charge in [-0.25, -0.2) is 16.8 Å². The normalized spacial score (nSPS) is 19.5. The highest BCUT2D eigenvalue weighted by Gasteiger charge is 2.43. The number of nitriles is 1. The van der Waals surface area contributed by atoms with Gasteiger partial charge in [-0.05, 0) is 86.5 Å². The van der Waals surface area contributed by atoms with Gasteiger partial charge < -0.3 is 9.64 Å². The maximum atomic E-state index is 14.9. The summed E-state index contributed by atoms with van der Waals surface area (Å²) < 4.78 is 50.4. The topological polar surface area (TPSA) is 92.4 Å². The molecule has 2 aromatic heterocycles. The van der Waals surface area contributed by atoms with Crippen LogP contribution in [0.4, 0.5) is 10.1 Å². The van der Waals surface area contributed by atoms with E-state index in [1.165, 1.54) is 40.6 Å². The number of aryl methyl sites for hydroxylation is 1. The van der Waals surface area contributed by atoms with Crippen molar-refractivity contribution in [2.75, 3.05) is 12.0 Å². The predicted molar refractivity (Wildman–Crippen MR) is 173 cm³/mol. The Hall–Kier alpha value is -4.46. The molecule has 7 rings (SSSR count). The highest BCUT2D eigenvalue weighted by molar-refractivity contribution is 7.90. The fraction of sp³-hybridized carbons (Fsp3) is 0.257. The number of thiophene rings is 1. The monoisotopic (exact) mass is 639 g/mol. The van der Waals surface area contributed by atoms with Gasteiger partial charge in [0.15, 0.2) is 0 Å². The minimum Gasteiger partial charge on any atom is -0.469 e. The molecule has 3 atom stereocenters. The summed E-state index contributed by atoms with van der Waals surface area (Å²) in [5.74, 6) is -0.821. The van der Waals surface area contributed by atoms with E-state index in [-0.39, 0.29) is 28.9 Å². The molecule has 4 heterocycles. The summed E-state index contributed by atoms with van der Waals surface area (Å²) in [6.45, 7) is 1.89. The maximum absolute atomic E-state index is 14.9. The maximum Gasteiger partial charge on any atom is 0.308 e. The van der Waals surface area contributed by atoms with Crippen LogP contribution in [0.5, 0.6) is 0 Å². The summed E-state index contributed by atoms with van der Waals surface area (Å²) in [7, 11) is -2.75. The average Bonchev–Trinajstić information content (AvgIpc) is 3.72. The Morgan fingerprint density at radius 3 is 2.44 bits per heavy atom. The van der Waals surface area contributed by atoms with E-state index >= 15 is 0 Å². The Balaban J connectivity index is 1.48. The smallest absolute Gasteiger partial charge is 0.308 e. The lowest BCUT2D eigenvalue weighted by atomic mass is 9.90. The molecular formula is C35H30FN3O4S2. The fourth-order valence-electron chi connectivity index (χ4n) is 7.20. The van der Waals surface area contributed by atoms with Crippen molar-refractivity contribution in [1.29, 1.82) is 5.26 Å². The molecule has 0 radical (unpaired) electrons. The number of esters is 1. The summed E-state index contributed by atoms with van der Waals surface area (Å²) >= 11 is 1.26. The molecule has 228 valence electrons. The van der Waals surface area contributed by atoms with E-state index in [1.807, 2.05) is 31.2 Å². The van der Waals surface area contributed by atoms with Crippen molar-refractivity contribution < 1.29 is 22.3 Å². The van der Waals surface area contributed by atoms with Crippen LogP contribution in [0.3, 0.4) is 0 Å². The number of ether oxygens (including phenoxy) is 1. The Morgan fingerprint density at radius 2 is 1.76 bits per heavy atom. The zero-order valence-corrected chi connectivity index (χ0v) is 26.4. The molecule has 0 saturated carbocycles. The van der Waals surface area contributed by atoms with Crippen molar-refractivity contribution in [3.05, 3.63) is 94.4 Å². The highest BCUT2D eigenvalue weighted by Crippen LogP contribution is 2.47. The molecule has 2 aliphatic rings. The van der Waals surface area contributed by atoms with E-state index < -0.39 is 15.8 Å². The second-order valence-corrected chi connectivity index (χ2v) is 14.5. The van der Waals surface area contributed by atoms with E-state index in [4.69, 9.17) is 4.74 Å². The number of benzene rings is 3. The zero-order chi connectivity index (χ0) is 31.5. The van der Waals surface area contributed by atoms with Crippen LogP contribution in [-0.4, -0.2) is 37.6 Å². The van der Waals surface area contributed by atoms with E-state index in [0.717, 1.165) is 24.1 Å². The van der Waals surface area contributed by atoms with Gasteiger partial charge in [0.05, 0.1) is 29.1 Å². The van der Waals surface area contributed by atoms with Crippen molar-refractivity contribution in [3.63, 3.8) is 0 Å². The van der Waals surface area contributed by atoms with Crippen LogP contribution in [-0.2, 0) is 19.6 Å². The fourth-order valence-corrected chi connectivity index (χ4v) is 9.44. The lowest BCUT2D eigenvalue weighted by molar-refractivity contribution is -0.146. The standard InChI is InChI=1S/C35H30FN3O4S2/c1-21-6-11-28(12-7-21)45(41,42)39-31-13-8-24(36)19-30(31)33(29-14-15-44-32(29)20-37)34(39)22-4-3-5-25(16-22)38-26-9-10-27(38)18-23(17-26)35(40)43-2/h3-8,11-16,19,23,26-27H,9-10,17-18H2,1-2H3/t23?,26-,27+. The molecule has 2 fully saturated rings. The van der Waals surface area contributed by atoms with Gasteiger partial charge in [0.1, 0.15) is 16.8 Å². The van der Waals surface area contributed by atoms with E-state index in [9.17, 15) is 22.9 Å². The third kappa shape index (κ3) is 4.82.